The summed E-state index contributed by atoms with van der Waals surface area (Å²) in [6.07, 6.45) is -0.903. The molecule has 3 rings (SSSR count). The lowest BCUT2D eigenvalue weighted by Gasteiger charge is -2.50. The number of amides is 2. The molecule has 1 heterocycles. The minimum absolute atomic E-state index is 0.311. The Morgan fingerprint density at radius 2 is 1.28 bits per heavy atom. The zero-order valence-corrected chi connectivity index (χ0v) is 20.1. The van der Waals surface area contributed by atoms with Gasteiger partial charge in [-0.25, -0.2) is 9.59 Å². The van der Waals surface area contributed by atoms with E-state index >= 15 is 0 Å². The van der Waals surface area contributed by atoms with Crippen molar-refractivity contribution in [2.24, 2.45) is 0 Å². The van der Waals surface area contributed by atoms with Crippen LogP contribution in [0.3, 0.4) is 0 Å². The zero-order valence-electron chi connectivity index (χ0n) is 20.1. The van der Waals surface area contributed by atoms with Gasteiger partial charge in [-0.2, -0.15) is 0 Å². The summed E-state index contributed by atoms with van der Waals surface area (Å²) in [6, 6.07) is 16.4. The van der Waals surface area contributed by atoms with Crippen LogP contribution in [-0.2, 0) is 15.0 Å². The fourth-order valence-electron chi connectivity index (χ4n) is 3.62. The Balaban J connectivity index is 1.82. The lowest BCUT2D eigenvalue weighted by Crippen LogP contribution is -2.69. The molecule has 0 bridgehead atoms. The van der Waals surface area contributed by atoms with Gasteiger partial charge in [0, 0.05) is 0 Å². The van der Waals surface area contributed by atoms with Gasteiger partial charge < -0.3 is 19.7 Å². The van der Waals surface area contributed by atoms with Crippen LogP contribution in [0.4, 0.5) is 9.59 Å². The van der Waals surface area contributed by atoms with Crippen LogP contribution in [0.1, 0.15) is 52.7 Å². The SMILES string of the molecule is Cc1ccc(-c2ccc(C3(NC(=O)OC(C)(C)C)CN(C(=O)OC(C)(C)C)C3)cc2)cc1. The van der Waals surface area contributed by atoms with Crippen molar-refractivity contribution in [3.05, 3.63) is 59.7 Å². The topological polar surface area (TPSA) is 67.9 Å². The van der Waals surface area contributed by atoms with E-state index in [0.717, 1.165) is 16.7 Å². The van der Waals surface area contributed by atoms with Gasteiger partial charge in [-0.3, -0.25) is 0 Å². The molecular formula is C26H34N2O4. The molecule has 0 aliphatic carbocycles. The molecule has 172 valence electrons. The number of carbonyl (C=O) groups excluding carboxylic acids is 2. The van der Waals surface area contributed by atoms with Gasteiger partial charge in [0.05, 0.1) is 13.1 Å². The van der Waals surface area contributed by atoms with Crippen molar-refractivity contribution >= 4 is 12.2 Å². The highest BCUT2D eigenvalue weighted by atomic mass is 16.6. The minimum Gasteiger partial charge on any atom is -0.444 e. The van der Waals surface area contributed by atoms with Crippen LogP contribution in [0.2, 0.25) is 0 Å². The van der Waals surface area contributed by atoms with Gasteiger partial charge in [-0.05, 0) is 65.2 Å². The number of nitrogens with zero attached hydrogens (tertiary/aromatic N) is 1. The third kappa shape index (κ3) is 5.81. The monoisotopic (exact) mass is 438 g/mol. The molecular weight excluding hydrogens is 404 g/mol. The van der Waals surface area contributed by atoms with Gasteiger partial charge in [-0.15, -0.1) is 0 Å². The van der Waals surface area contributed by atoms with Crippen molar-refractivity contribution in [2.45, 2.75) is 65.2 Å². The number of hydrogen-bond donors (Lipinski definition) is 1. The van der Waals surface area contributed by atoms with Crippen LogP contribution in [0.25, 0.3) is 11.1 Å². The number of ether oxygens (including phenoxy) is 2. The number of alkyl carbamates (subject to hydrolysis) is 1. The maximum Gasteiger partial charge on any atom is 0.410 e. The number of benzene rings is 2. The molecule has 0 saturated carbocycles. The fraction of sp³-hybridized carbons (Fsp3) is 0.462. The van der Waals surface area contributed by atoms with Crippen molar-refractivity contribution in [1.82, 2.24) is 10.2 Å². The Morgan fingerprint density at radius 3 is 1.75 bits per heavy atom. The second-order valence-corrected chi connectivity index (χ2v) is 10.5. The Labute approximate surface area is 190 Å². The second-order valence-electron chi connectivity index (χ2n) is 10.5. The Morgan fingerprint density at radius 1 is 0.812 bits per heavy atom. The minimum atomic E-state index is -0.731. The van der Waals surface area contributed by atoms with Gasteiger partial charge in [0.2, 0.25) is 0 Å². The zero-order chi connectivity index (χ0) is 23.7. The van der Waals surface area contributed by atoms with Crippen LogP contribution in [0.15, 0.2) is 48.5 Å². The van der Waals surface area contributed by atoms with Gasteiger partial charge in [-0.1, -0.05) is 54.1 Å². The molecule has 6 heteroatoms. The van der Waals surface area contributed by atoms with E-state index in [1.54, 1.807) is 4.90 Å². The highest BCUT2D eigenvalue weighted by Gasteiger charge is 2.49. The molecule has 1 saturated heterocycles. The fourth-order valence-corrected chi connectivity index (χ4v) is 3.62. The van der Waals surface area contributed by atoms with Crippen LogP contribution >= 0.6 is 0 Å². The molecule has 1 aliphatic heterocycles. The number of nitrogens with one attached hydrogen (secondary N) is 1. The standard InChI is InChI=1S/C26H34N2O4/c1-18-8-10-19(11-9-18)20-12-14-21(15-13-20)26(27-22(29)31-24(2,3)4)16-28(17-26)23(30)32-25(5,6)7/h8-15H,16-17H2,1-7H3,(H,27,29). The molecule has 0 atom stereocenters. The Hall–Kier alpha value is -3.02. The lowest BCUT2D eigenvalue weighted by molar-refractivity contribution is -0.0229. The number of hydrogen-bond acceptors (Lipinski definition) is 4. The van der Waals surface area contributed by atoms with E-state index in [-0.39, 0.29) is 0 Å². The third-order valence-corrected chi connectivity index (χ3v) is 5.14. The predicted octanol–water partition coefficient (Wildman–Crippen LogP) is 5.63. The van der Waals surface area contributed by atoms with Crippen LogP contribution in [0, 0.1) is 6.92 Å². The molecule has 0 aromatic heterocycles. The van der Waals surface area contributed by atoms with Crippen LogP contribution < -0.4 is 5.32 Å². The Bertz CT molecular complexity index is 961. The predicted molar refractivity (Wildman–Crippen MR) is 125 cm³/mol. The largest absolute Gasteiger partial charge is 0.444 e. The highest BCUT2D eigenvalue weighted by Crippen LogP contribution is 2.35. The first-order chi connectivity index (χ1) is 14.8. The van der Waals surface area contributed by atoms with Crippen molar-refractivity contribution in [3.63, 3.8) is 0 Å². The first-order valence-corrected chi connectivity index (χ1v) is 10.9. The molecule has 1 N–H and O–H groups in total. The summed E-state index contributed by atoms with van der Waals surface area (Å²) in [5, 5.41) is 3.01. The van der Waals surface area contributed by atoms with E-state index in [1.807, 2.05) is 65.8 Å². The molecule has 2 aromatic rings. The summed E-state index contributed by atoms with van der Waals surface area (Å²) >= 11 is 0. The average Bonchev–Trinajstić information content (AvgIpc) is 2.62. The number of rotatable bonds is 3. The Kier molecular flexibility index (Phi) is 6.27. The summed E-state index contributed by atoms with van der Waals surface area (Å²) in [5.41, 5.74) is 2.41. The lowest BCUT2D eigenvalue weighted by atomic mass is 9.82. The molecule has 1 fully saturated rings. The molecule has 1 aliphatic rings. The van der Waals surface area contributed by atoms with Crippen molar-refractivity contribution < 1.29 is 19.1 Å². The quantitative estimate of drug-likeness (QED) is 0.674. The average molecular weight is 439 g/mol. The summed E-state index contributed by atoms with van der Waals surface area (Å²) in [7, 11) is 0. The number of aryl methyl sites for hydroxylation is 1. The number of likely N-dealkylation sites (tertiary alicyclic amines) is 1. The first kappa shape index (κ1) is 23.6. The van der Waals surface area contributed by atoms with Crippen molar-refractivity contribution in [3.8, 4) is 11.1 Å². The van der Waals surface area contributed by atoms with Crippen LogP contribution in [0.5, 0.6) is 0 Å². The maximum atomic E-state index is 12.6. The van der Waals surface area contributed by atoms with Crippen LogP contribution in [-0.4, -0.2) is 41.4 Å². The first-order valence-electron chi connectivity index (χ1n) is 10.9. The molecule has 32 heavy (non-hydrogen) atoms. The maximum absolute atomic E-state index is 12.6. The van der Waals surface area contributed by atoms with Gasteiger partial charge in [0.25, 0.3) is 0 Å². The van der Waals surface area contributed by atoms with E-state index in [4.69, 9.17) is 9.47 Å². The number of carbonyl (C=O) groups is 2. The molecule has 6 nitrogen and oxygen atoms in total. The van der Waals surface area contributed by atoms with E-state index in [2.05, 4.69) is 36.5 Å². The smallest absolute Gasteiger partial charge is 0.410 e. The van der Waals surface area contributed by atoms with Gasteiger partial charge in [0.15, 0.2) is 0 Å². The van der Waals surface area contributed by atoms with E-state index in [0.29, 0.717) is 13.1 Å². The van der Waals surface area contributed by atoms with E-state index in [9.17, 15) is 9.59 Å². The van der Waals surface area contributed by atoms with Gasteiger partial charge in [0.1, 0.15) is 16.7 Å². The second kappa shape index (κ2) is 8.49. The van der Waals surface area contributed by atoms with E-state index < -0.39 is 28.9 Å². The molecule has 2 aromatic carbocycles. The third-order valence-electron chi connectivity index (χ3n) is 5.14. The van der Waals surface area contributed by atoms with E-state index in [1.165, 1.54) is 5.56 Å². The summed E-state index contributed by atoms with van der Waals surface area (Å²) in [4.78, 5) is 26.7. The summed E-state index contributed by atoms with van der Waals surface area (Å²) in [5.74, 6) is 0. The highest BCUT2D eigenvalue weighted by molar-refractivity contribution is 5.74. The summed E-state index contributed by atoms with van der Waals surface area (Å²) < 4.78 is 11.0. The van der Waals surface area contributed by atoms with Crippen molar-refractivity contribution in [1.29, 1.82) is 0 Å². The van der Waals surface area contributed by atoms with Crippen molar-refractivity contribution in [2.75, 3.05) is 13.1 Å². The molecule has 0 radical (unpaired) electrons. The van der Waals surface area contributed by atoms with Gasteiger partial charge >= 0.3 is 12.2 Å². The normalized spacial score (nSPS) is 15.5. The molecule has 2 amide bonds. The molecule has 0 spiro atoms. The summed E-state index contributed by atoms with van der Waals surface area (Å²) in [6.45, 7) is 13.7. The molecule has 0 unspecified atom stereocenters.